The fraction of sp³-hybridized carbons (Fsp3) is 0.421. The highest BCUT2D eigenvalue weighted by Crippen LogP contribution is 2.39. The van der Waals surface area contributed by atoms with E-state index in [2.05, 4.69) is 4.98 Å². The standard InChI is InChI=1S/C19H21N3O3/c1-24-11-16(23)22-8-7-19(12-22)13-25-10-15-9-20-18(21-17(15)19)14-5-3-2-4-6-14/h2-6,9H,7-8,10-13H2,1H3/t19-/m0/s1. The van der Waals surface area contributed by atoms with Gasteiger partial charge in [0.2, 0.25) is 5.91 Å². The van der Waals surface area contributed by atoms with Gasteiger partial charge in [0.05, 0.1) is 24.3 Å². The second-order valence-electron chi connectivity index (χ2n) is 6.70. The third kappa shape index (κ3) is 2.92. The van der Waals surface area contributed by atoms with E-state index in [1.165, 1.54) is 0 Å². The Balaban J connectivity index is 1.69. The Kier molecular flexibility index (Phi) is 4.23. The van der Waals surface area contributed by atoms with Crippen molar-refractivity contribution in [3.8, 4) is 11.4 Å². The lowest BCUT2D eigenvalue weighted by molar-refractivity contribution is -0.134. The first kappa shape index (κ1) is 16.2. The minimum atomic E-state index is -0.247. The maximum absolute atomic E-state index is 12.2. The summed E-state index contributed by atoms with van der Waals surface area (Å²) in [6.07, 6.45) is 2.71. The molecule has 0 N–H and O–H groups in total. The van der Waals surface area contributed by atoms with Gasteiger partial charge in [0.25, 0.3) is 0 Å². The van der Waals surface area contributed by atoms with Gasteiger partial charge >= 0.3 is 0 Å². The van der Waals surface area contributed by atoms with E-state index in [9.17, 15) is 4.79 Å². The first-order valence-corrected chi connectivity index (χ1v) is 8.48. The molecule has 1 saturated heterocycles. The highest BCUT2D eigenvalue weighted by Gasteiger charge is 2.46. The Bertz CT molecular complexity index is 781. The van der Waals surface area contributed by atoms with E-state index in [4.69, 9.17) is 14.5 Å². The predicted octanol–water partition coefficient (Wildman–Crippen LogP) is 1.79. The Morgan fingerprint density at radius 2 is 2.20 bits per heavy atom. The van der Waals surface area contributed by atoms with Gasteiger partial charge in [-0.15, -0.1) is 0 Å². The van der Waals surface area contributed by atoms with Crippen molar-refractivity contribution in [1.29, 1.82) is 0 Å². The molecule has 1 fully saturated rings. The number of nitrogens with zero attached hydrogens (tertiary/aromatic N) is 3. The van der Waals surface area contributed by atoms with Gasteiger partial charge in [-0.2, -0.15) is 0 Å². The molecule has 2 aliphatic heterocycles. The smallest absolute Gasteiger partial charge is 0.248 e. The van der Waals surface area contributed by atoms with E-state index in [0.717, 1.165) is 29.1 Å². The summed E-state index contributed by atoms with van der Waals surface area (Å²) < 4.78 is 10.8. The number of fused-ring (bicyclic) bond motifs is 2. The molecule has 1 atom stereocenters. The highest BCUT2D eigenvalue weighted by atomic mass is 16.5. The van der Waals surface area contributed by atoms with Gasteiger partial charge in [-0.25, -0.2) is 9.97 Å². The number of hydrogen-bond donors (Lipinski definition) is 0. The molecule has 3 heterocycles. The van der Waals surface area contributed by atoms with Crippen LogP contribution in [-0.4, -0.2) is 54.2 Å². The van der Waals surface area contributed by atoms with Crippen molar-refractivity contribution in [1.82, 2.24) is 14.9 Å². The zero-order chi connectivity index (χ0) is 17.3. The Labute approximate surface area is 146 Å². The number of benzene rings is 1. The van der Waals surface area contributed by atoms with Gasteiger partial charge in [0.1, 0.15) is 6.61 Å². The summed E-state index contributed by atoms with van der Waals surface area (Å²) >= 11 is 0. The summed E-state index contributed by atoms with van der Waals surface area (Å²) in [5.41, 5.74) is 2.80. The zero-order valence-corrected chi connectivity index (χ0v) is 14.3. The normalized spacial score (nSPS) is 22.2. The summed E-state index contributed by atoms with van der Waals surface area (Å²) in [5, 5.41) is 0. The number of amides is 1. The molecule has 0 saturated carbocycles. The molecule has 1 spiro atoms. The average molecular weight is 339 g/mol. The molecule has 6 heteroatoms. The van der Waals surface area contributed by atoms with Crippen molar-refractivity contribution in [2.75, 3.05) is 33.4 Å². The van der Waals surface area contributed by atoms with Gasteiger partial charge in [-0.05, 0) is 6.42 Å². The van der Waals surface area contributed by atoms with Crippen molar-refractivity contribution in [2.45, 2.75) is 18.4 Å². The fourth-order valence-corrected chi connectivity index (χ4v) is 3.73. The SMILES string of the molecule is COCC(=O)N1CC[C@@]2(COCc3cnc(-c4ccccc4)nc32)C1. The van der Waals surface area contributed by atoms with E-state index >= 15 is 0 Å². The second kappa shape index (κ2) is 6.54. The minimum absolute atomic E-state index is 0.0174. The predicted molar refractivity (Wildman–Crippen MR) is 91.9 cm³/mol. The lowest BCUT2D eigenvalue weighted by atomic mass is 9.80. The maximum Gasteiger partial charge on any atom is 0.248 e. The summed E-state index contributed by atoms with van der Waals surface area (Å²) in [7, 11) is 1.54. The van der Waals surface area contributed by atoms with Gasteiger partial charge in [0.15, 0.2) is 5.82 Å². The van der Waals surface area contributed by atoms with Crippen LogP contribution in [0.2, 0.25) is 0 Å². The van der Waals surface area contributed by atoms with Crippen molar-refractivity contribution in [3.05, 3.63) is 47.8 Å². The number of rotatable bonds is 3. The van der Waals surface area contributed by atoms with E-state index in [0.29, 0.717) is 26.3 Å². The molecule has 0 bridgehead atoms. The molecule has 25 heavy (non-hydrogen) atoms. The van der Waals surface area contributed by atoms with E-state index in [-0.39, 0.29) is 17.9 Å². The summed E-state index contributed by atoms with van der Waals surface area (Å²) in [6, 6.07) is 9.97. The van der Waals surface area contributed by atoms with Gasteiger partial charge < -0.3 is 14.4 Å². The van der Waals surface area contributed by atoms with E-state index in [1.807, 2.05) is 41.4 Å². The third-order valence-corrected chi connectivity index (χ3v) is 5.01. The van der Waals surface area contributed by atoms with E-state index in [1.54, 1.807) is 7.11 Å². The van der Waals surface area contributed by atoms with Crippen LogP contribution in [0.4, 0.5) is 0 Å². The molecule has 130 valence electrons. The summed E-state index contributed by atoms with van der Waals surface area (Å²) in [6.45, 7) is 2.55. The number of aromatic nitrogens is 2. The zero-order valence-electron chi connectivity index (χ0n) is 14.3. The summed E-state index contributed by atoms with van der Waals surface area (Å²) in [4.78, 5) is 23.5. The van der Waals surface area contributed by atoms with Crippen LogP contribution in [0.5, 0.6) is 0 Å². The van der Waals surface area contributed by atoms with Crippen LogP contribution >= 0.6 is 0 Å². The molecule has 6 nitrogen and oxygen atoms in total. The molecule has 0 unspecified atom stereocenters. The fourth-order valence-electron chi connectivity index (χ4n) is 3.73. The number of hydrogen-bond acceptors (Lipinski definition) is 5. The van der Waals surface area contributed by atoms with E-state index < -0.39 is 0 Å². The topological polar surface area (TPSA) is 64.5 Å². The molecule has 1 aromatic heterocycles. The monoisotopic (exact) mass is 339 g/mol. The number of carbonyl (C=O) groups is 1. The Morgan fingerprint density at radius 1 is 1.36 bits per heavy atom. The third-order valence-electron chi connectivity index (χ3n) is 5.01. The van der Waals surface area contributed by atoms with Crippen LogP contribution in [0.25, 0.3) is 11.4 Å². The lowest BCUT2D eigenvalue weighted by Crippen LogP contribution is -2.42. The molecule has 1 amide bonds. The van der Waals surface area contributed by atoms with Crippen LogP contribution < -0.4 is 0 Å². The second-order valence-corrected chi connectivity index (χ2v) is 6.70. The first-order valence-electron chi connectivity index (χ1n) is 8.48. The largest absolute Gasteiger partial charge is 0.376 e. The highest BCUT2D eigenvalue weighted by molar-refractivity contribution is 5.78. The quantitative estimate of drug-likeness (QED) is 0.853. The van der Waals surface area contributed by atoms with Crippen LogP contribution in [0, 0.1) is 0 Å². The molecule has 2 aliphatic rings. The minimum Gasteiger partial charge on any atom is -0.376 e. The van der Waals surface area contributed by atoms with Crippen molar-refractivity contribution < 1.29 is 14.3 Å². The number of methoxy groups -OCH3 is 1. The van der Waals surface area contributed by atoms with Crippen molar-refractivity contribution >= 4 is 5.91 Å². The maximum atomic E-state index is 12.2. The van der Waals surface area contributed by atoms with Crippen LogP contribution in [0.15, 0.2) is 36.5 Å². The van der Waals surface area contributed by atoms with Crippen LogP contribution in [-0.2, 0) is 26.3 Å². The van der Waals surface area contributed by atoms with Crippen molar-refractivity contribution in [2.24, 2.45) is 0 Å². The first-order chi connectivity index (χ1) is 12.2. The molecule has 4 rings (SSSR count). The lowest BCUT2D eigenvalue weighted by Gasteiger charge is -2.34. The molecule has 2 aromatic rings. The van der Waals surface area contributed by atoms with Crippen LogP contribution in [0.3, 0.4) is 0 Å². The molecular weight excluding hydrogens is 318 g/mol. The molecule has 1 aromatic carbocycles. The van der Waals surface area contributed by atoms with Crippen molar-refractivity contribution in [3.63, 3.8) is 0 Å². The molecule has 0 aliphatic carbocycles. The van der Waals surface area contributed by atoms with Gasteiger partial charge in [-0.1, -0.05) is 30.3 Å². The van der Waals surface area contributed by atoms with Gasteiger partial charge in [0, 0.05) is 37.5 Å². The number of likely N-dealkylation sites (tertiary alicyclic amines) is 1. The number of carbonyl (C=O) groups excluding carboxylic acids is 1. The molecule has 0 radical (unpaired) electrons. The number of ether oxygens (including phenoxy) is 2. The van der Waals surface area contributed by atoms with Gasteiger partial charge in [-0.3, -0.25) is 4.79 Å². The van der Waals surface area contributed by atoms with Crippen LogP contribution in [0.1, 0.15) is 17.7 Å². The Hall–Kier alpha value is -2.31. The summed E-state index contributed by atoms with van der Waals surface area (Å²) in [5.74, 6) is 0.742. The average Bonchev–Trinajstić information content (AvgIpc) is 3.08. The molecular formula is C19H21N3O3. The Morgan fingerprint density at radius 3 is 3.00 bits per heavy atom.